The summed E-state index contributed by atoms with van der Waals surface area (Å²) >= 11 is 0. The Kier molecular flexibility index (Phi) is 2.10. The van der Waals surface area contributed by atoms with Crippen molar-refractivity contribution < 1.29 is 9.47 Å². The highest BCUT2D eigenvalue weighted by Crippen LogP contribution is 2.35. The third kappa shape index (κ3) is 1.64. The number of rotatable bonds is 2. The van der Waals surface area contributed by atoms with Crippen LogP contribution in [0.3, 0.4) is 0 Å². The summed E-state index contributed by atoms with van der Waals surface area (Å²) in [6.45, 7) is 0.239. The molecule has 3 rings (SSSR count). The van der Waals surface area contributed by atoms with E-state index in [4.69, 9.17) is 15.0 Å². The van der Waals surface area contributed by atoms with Crippen LogP contribution in [-0.2, 0) is 0 Å². The van der Waals surface area contributed by atoms with Crippen LogP contribution >= 0.6 is 0 Å². The van der Waals surface area contributed by atoms with E-state index in [-0.39, 0.29) is 6.79 Å². The van der Waals surface area contributed by atoms with Gasteiger partial charge in [-0.2, -0.15) is 5.10 Å². The normalized spacial score (nSPS) is 12.2. The number of aromatic amines is 1. The van der Waals surface area contributed by atoms with Crippen molar-refractivity contribution >= 4 is 5.82 Å². The monoisotopic (exact) mass is 229 g/mol. The van der Waals surface area contributed by atoms with Crippen molar-refractivity contribution in [2.45, 2.75) is 0 Å². The molecule has 2 aromatic rings. The largest absolute Gasteiger partial charge is 0.454 e. The maximum Gasteiger partial charge on any atom is 0.231 e. The molecule has 1 aromatic carbocycles. The quantitative estimate of drug-likeness (QED) is 0.487. The summed E-state index contributed by atoms with van der Waals surface area (Å²) in [6, 6.07) is 7.18. The second kappa shape index (κ2) is 3.73. The molecule has 1 aromatic heterocycles. The summed E-state index contributed by atoms with van der Waals surface area (Å²) in [4.78, 5) is 2.68. The van der Waals surface area contributed by atoms with E-state index in [0.29, 0.717) is 17.3 Å². The van der Waals surface area contributed by atoms with Crippen LogP contribution in [0.25, 0.3) is 21.7 Å². The molecule has 0 saturated carbocycles. The maximum atomic E-state index is 8.30. The van der Waals surface area contributed by atoms with E-state index in [1.165, 1.54) is 0 Å². The predicted octanol–water partition coefficient (Wildman–Crippen LogP) is 2.75. The molecule has 2 heterocycles. The fraction of sp³-hybridized carbons (Fsp3) is 0.100. The minimum Gasteiger partial charge on any atom is -0.454 e. The molecule has 1 aliphatic rings. The Balaban J connectivity index is 2.00. The van der Waals surface area contributed by atoms with Gasteiger partial charge < -0.3 is 9.47 Å². The Bertz CT molecular complexity index is 615. The van der Waals surface area contributed by atoms with E-state index in [0.717, 1.165) is 11.3 Å². The number of aromatic nitrogens is 2. The average molecular weight is 229 g/mol. The van der Waals surface area contributed by atoms with Crippen molar-refractivity contribution in [2.24, 2.45) is 5.11 Å². The molecule has 0 fully saturated rings. The Morgan fingerprint density at radius 1 is 1.29 bits per heavy atom. The molecule has 1 aliphatic heterocycles. The first kappa shape index (κ1) is 9.56. The third-order valence-corrected chi connectivity index (χ3v) is 2.39. The molecule has 0 amide bonds. The first-order chi connectivity index (χ1) is 8.36. The zero-order valence-electron chi connectivity index (χ0n) is 8.62. The van der Waals surface area contributed by atoms with Gasteiger partial charge in [-0.15, -0.1) is 0 Å². The van der Waals surface area contributed by atoms with Crippen LogP contribution < -0.4 is 9.47 Å². The highest BCUT2D eigenvalue weighted by molar-refractivity contribution is 5.66. The van der Waals surface area contributed by atoms with Crippen molar-refractivity contribution in [3.05, 3.63) is 34.7 Å². The van der Waals surface area contributed by atoms with Crippen LogP contribution in [0.1, 0.15) is 0 Å². The molecule has 1 N–H and O–H groups in total. The molecular formula is C10H7N5O2. The van der Waals surface area contributed by atoms with Gasteiger partial charge in [-0.1, -0.05) is 0 Å². The van der Waals surface area contributed by atoms with Gasteiger partial charge in [-0.3, -0.25) is 5.10 Å². The molecule has 0 saturated heterocycles. The molecule has 7 heteroatoms. The second-order valence-electron chi connectivity index (χ2n) is 3.40. The van der Waals surface area contributed by atoms with Crippen molar-refractivity contribution in [1.82, 2.24) is 10.2 Å². The fourth-order valence-corrected chi connectivity index (χ4v) is 1.61. The topological polar surface area (TPSA) is 95.9 Å². The predicted molar refractivity (Wildman–Crippen MR) is 59.0 cm³/mol. The van der Waals surface area contributed by atoms with Crippen LogP contribution in [-0.4, -0.2) is 17.0 Å². The van der Waals surface area contributed by atoms with E-state index in [1.807, 2.05) is 18.2 Å². The average Bonchev–Trinajstić information content (AvgIpc) is 2.96. The number of benzene rings is 1. The van der Waals surface area contributed by atoms with Gasteiger partial charge in [0.25, 0.3) is 0 Å². The Hall–Kier alpha value is -2.66. The van der Waals surface area contributed by atoms with Gasteiger partial charge in [-0.05, 0) is 34.9 Å². The molecule has 0 unspecified atom stereocenters. The molecule has 84 valence electrons. The zero-order chi connectivity index (χ0) is 11.7. The lowest BCUT2D eigenvalue weighted by Crippen LogP contribution is -1.92. The lowest BCUT2D eigenvalue weighted by Gasteiger charge is -1.98. The Morgan fingerprint density at radius 2 is 2.18 bits per heavy atom. The van der Waals surface area contributed by atoms with Crippen molar-refractivity contribution in [2.75, 3.05) is 6.79 Å². The number of fused-ring (bicyclic) bond motifs is 1. The van der Waals surface area contributed by atoms with Crippen LogP contribution in [0.4, 0.5) is 5.82 Å². The highest BCUT2D eigenvalue weighted by atomic mass is 16.7. The third-order valence-electron chi connectivity index (χ3n) is 2.39. The van der Waals surface area contributed by atoms with E-state index in [1.54, 1.807) is 6.07 Å². The van der Waals surface area contributed by atoms with Gasteiger partial charge in [0, 0.05) is 10.5 Å². The lowest BCUT2D eigenvalue weighted by molar-refractivity contribution is 0.174. The van der Waals surface area contributed by atoms with Crippen LogP contribution in [0, 0.1) is 0 Å². The van der Waals surface area contributed by atoms with Crippen LogP contribution in [0.15, 0.2) is 29.4 Å². The Labute approximate surface area is 95.6 Å². The van der Waals surface area contributed by atoms with E-state index < -0.39 is 0 Å². The van der Waals surface area contributed by atoms with Gasteiger partial charge >= 0.3 is 0 Å². The maximum absolute atomic E-state index is 8.30. The molecule has 7 nitrogen and oxygen atoms in total. The summed E-state index contributed by atoms with van der Waals surface area (Å²) < 4.78 is 10.5. The molecule has 0 bridgehead atoms. The standard InChI is InChI=1S/C10H7N5O2/c11-15-14-10-4-7(12-13-10)6-1-2-8-9(3-6)17-5-16-8/h1-4H,5H2,(H,12,13). The number of hydrogen-bond donors (Lipinski definition) is 1. The molecule has 0 atom stereocenters. The summed E-state index contributed by atoms with van der Waals surface area (Å²) in [5.41, 5.74) is 9.85. The van der Waals surface area contributed by atoms with E-state index >= 15 is 0 Å². The molecular weight excluding hydrogens is 222 g/mol. The second-order valence-corrected chi connectivity index (χ2v) is 3.40. The molecule has 0 aliphatic carbocycles. The molecule has 17 heavy (non-hydrogen) atoms. The molecule has 0 radical (unpaired) electrons. The first-order valence-electron chi connectivity index (χ1n) is 4.87. The van der Waals surface area contributed by atoms with Gasteiger partial charge in [0.1, 0.15) is 5.82 Å². The number of azide groups is 1. The Morgan fingerprint density at radius 3 is 3.06 bits per heavy atom. The number of hydrogen-bond acceptors (Lipinski definition) is 4. The summed E-state index contributed by atoms with van der Waals surface area (Å²) in [5.74, 6) is 1.79. The van der Waals surface area contributed by atoms with Crippen molar-refractivity contribution in [3.63, 3.8) is 0 Å². The lowest BCUT2D eigenvalue weighted by atomic mass is 10.1. The number of ether oxygens (including phenoxy) is 2. The first-order valence-corrected chi connectivity index (χ1v) is 4.87. The minimum absolute atomic E-state index is 0.239. The SMILES string of the molecule is [N-]=[N+]=Nc1cc(-c2ccc3c(c2)OCO3)n[nH]1. The fourth-order valence-electron chi connectivity index (χ4n) is 1.61. The zero-order valence-corrected chi connectivity index (χ0v) is 8.62. The van der Waals surface area contributed by atoms with Crippen molar-refractivity contribution in [1.29, 1.82) is 0 Å². The number of nitrogens with one attached hydrogen (secondary N) is 1. The smallest absolute Gasteiger partial charge is 0.231 e. The van der Waals surface area contributed by atoms with Crippen molar-refractivity contribution in [3.8, 4) is 22.8 Å². The summed E-state index contributed by atoms with van der Waals surface area (Å²) in [6.07, 6.45) is 0. The summed E-state index contributed by atoms with van der Waals surface area (Å²) in [5, 5.41) is 10.1. The van der Waals surface area contributed by atoms with Gasteiger partial charge in [-0.25, -0.2) is 0 Å². The van der Waals surface area contributed by atoms with E-state index in [9.17, 15) is 0 Å². The van der Waals surface area contributed by atoms with Gasteiger partial charge in [0.2, 0.25) is 6.79 Å². The van der Waals surface area contributed by atoms with Crippen LogP contribution in [0.2, 0.25) is 0 Å². The minimum atomic E-state index is 0.239. The molecule has 0 spiro atoms. The van der Waals surface area contributed by atoms with Crippen LogP contribution in [0.5, 0.6) is 11.5 Å². The number of nitrogens with zero attached hydrogens (tertiary/aromatic N) is 4. The van der Waals surface area contributed by atoms with E-state index in [2.05, 4.69) is 20.2 Å². The highest BCUT2D eigenvalue weighted by Gasteiger charge is 2.14. The van der Waals surface area contributed by atoms with Gasteiger partial charge in [0.05, 0.1) is 5.69 Å². The number of H-pyrrole nitrogens is 1. The summed E-state index contributed by atoms with van der Waals surface area (Å²) in [7, 11) is 0. The van der Waals surface area contributed by atoms with Gasteiger partial charge in [0.15, 0.2) is 11.5 Å².